The zero-order valence-corrected chi connectivity index (χ0v) is 23.6. The van der Waals surface area contributed by atoms with E-state index in [0.29, 0.717) is 71.0 Å². The van der Waals surface area contributed by atoms with E-state index in [4.69, 9.17) is 9.47 Å². The molecule has 1 saturated heterocycles. The summed E-state index contributed by atoms with van der Waals surface area (Å²) in [5, 5.41) is 21.2. The van der Waals surface area contributed by atoms with Gasteiger partial charge < -0.3 is 29.5 Å². The Hall–Kier alpha value is -3.90. The van der Waals surface area contributed by atoms with Crippen LogP contribution in [0.15, 0.2) is 56.2 Å². The van der Waals surface area contributed by atoms with Crippen LogP contribution in [-0.4, -0.2) is 81.6 Å². The van der Waals surface area contributed by atoms with Crippen molar-refractivity contribution in [2.24, 2.45) is 9.98 Å². The number of benzene rings is 2. The minimum Gasteiger partial charge on any atom is -0.504 e. The van der Waals surface area contributed by atoms with Gasteiger partial charge in [0.05, 0.1) is 23.0 Å². The molecule has 3 aliphatic heterocycles. The van der Waals surface area contributed by atoms with Crippen LogP contribution in [0.1, 0.15) is 25.0 Å². The number of phenolic OH excluding ortho intramolecular Hbond substituents is 2. The minimum atomic E-state index is -0.300. The zero-order chi connectivity index (χ0) is 28.2. The van der Waals surface area contributed by atoms with E-state index in [2.05, 4.69) is 19.8 Å². The first-order valence-electron chi connectivity index (χ1n) is 12.8. The smallest absolute Gasteiger partial charge is 0.286 e. The summed E-state index contributed by atoms with van der Waals surface area (Å²) in [4.78, 5) is 38.8. The van der Waals surface area contributed by atoms with Crippen LogP contribution < -0.4 is 9.47 Å². The second-order valence-corrected chi connectivity index (χ2v) is 10.9. The molecule has 0 spiro atoms. The zero-order valence-electron chi connectivity index (χ0n) is 22.0. The molecule has 0 aromatic heterocycles. The standard InChI is InChI=1S/C28H28N4O6S2/c1-3-37-21-13-17(5-7-19(21)33)15-23-25(35)29-27(39-23)31-9-11-32(12-10-31)28-30-26(36)24(40-28)16-18-6-8-20(34)22(14-18)38-4-2/h5-8,13-16,33-34H,3-4,9-12H2,1-2H3. The van der Waals surface area contributed by atoms with Crippen LogP contribution in [0.25, 0.3) is 12.2 Å². The quantitative estimate of drug-likeness (QED) is 0.482. The largest absolute Gasteiger partial charge is 0.504 e. The van der Waals surface area contributed by atoms with Gasteiger partial charge >= 0.3 is 0 Å². The van der Waals surface area contributed by atoms with Crippen LogP contribution in [0.4, 0.5) is 0 Å². The lowest BCUT2D eigenvalue weighted by Gasteiger charge is -2.35. The number of piperazine rings is 1. The highest BCUT2D eigenvalue weighted by Crippen LogP contribution is 2.35. The number of ether oxygens (including phenoxy) is 2. The summed E-state index contributed by atoms with van der Waals surface area (Å²) in [6.07, 6.45) is 3.49. The number of phenols is 2. The number of aromatic hydroxyl groups is 2. The Labute approximate surface area is 240 Å². The van der Waals surface area contributed by atoms with Crippen molar-refractivity contribution in [2.45, 2.75) is 13.8 Å². The van der Waals surface area contributed by atoms with Gasteiger partial charge in [0.15, 0.2) is 33.3 Å². The molecule has 10 nitrogen and oxygen atoms in total. The Morgan fingerprint density at radius 1 is 0.750 bits per heavy atom. The lowest BCUT2D eigenvalue weighted by Crippen LogP contribution is -2.49. The fraction of sp³-hybridized carbons (Fsp3) is 0.286. The molecule has 0 radical (unpaired) electrons. The average molecular weight is 581 g/mol. The van der Waals surface area contributed by atoms with Gasteiger partial charge in [-0.2, -0.15) is 9.98 Å². The first-order valence-corrected chi connectivity index (χ1v) is 14.4. The molecule has 0 bridgehead atoms. The number of nitrogens with zero attached hydrogens (tertiary/aromatic N) is 4. The monoisotopic (exact) mass is 580 g/mol. The molecule has 3 aliphatic rings. The maximum atomic E-state index is 12.6. The number of thioether (sulfide) groups is 2. The van der Waals surface area contributed by atoms with Crippen LogP contribution in [0.3, 0.4) is 0 Å². The normalized spacial score (nSPS) is 19.4. The van der Waals surface area contributed by atoms with Gasteiger partial charge in [0.2, 0.25) is 0 Å². The topological polar surface area (TPSA) is 124 Å². The van der Waals surface area contributed by atoms with E-state index < -0.39 is 0 Å². The molecule has 2 aromatic rings. The number of amides is 2. The predicted octanol–water partition coefficient (Wildman–Crippen LogP) is 4.15. The van der Waals surface area contributed by atoms with Crippen molar-refractivity contribution >= 4 is 57.8 Å². The summed E-state index contributed by atoms with van der Waals surface area (Å²) in [7, 11) is 0. The van der Waals surface area contributed by atoms with Gasteiger partial charge in [0.25, 0.3) is 11.8 Å². The number of carbonyl (C=O) groups is 2. The molecule has 2 aromatic carbocycles. The van der Waals surface area contributed by atoms with Gasteiger partial charge in [0.1, 0.15) is 0 Å². The Bertz CT molecular complexity index is 1350. The van der Waals surface area contributed by atoms with Crippen LogP contribution in [0.5, 0.6) is 23.0 Å². The van der Waals surface area contributed by atoms with Crippen molar-refractivity contribution < 1.29 is 29.3 Å². The van der Waals surface area contributed by atoms with E-state index in [1.54, 1.807) is 48.6 Å². The number of hydrogen-bond donors (Lipinski definition) is 2. The number of aliphatic imine (C=N–C) groups is 2. The first-order chi connectivity index (χ1) is 19.3. The van der Waals surface area contributed by atoms with E-state index in [1.165, 1.54) is 23.5 Å². The summed E-state index contributed by atoms with van der Waals surface area (Å²) in [6.45, 7) is 7.03. The van der Waals surface area contributed by atoms with Crippen molar-refractivity contribution in [1.82, 2.24) is 9.80 Å². The fourth-order valence-electron chi connectivity index (χ4n) is 4.24. The lowest BCUT2D eigenvalue weighted by atomic mass is 10.2. The minimum absolute atomic E-state index is 0.0506. The Morgan fingerprint density at radius 3 is 1.52 bits per heavy atom. The second kappa shape index (κ2) is 12.1. The van der Waals surface area contributed by atoms with E-state index in [-0.39, 0.29) is 23.3 Å². The average Bonchev–Trinajstić information content (AvgIpc) is 3.50. The summed E-state index contributed by atoms with van der Waals surface area (Å²) in [5.74, 6) is 0.237. The van der Waals surface area contributed by atoms with E-state index in [1.807, 2.05) is 13.8 Å². The van der Waals surface area contributed by atoms with Gasteiger partial charge in [-0.05, 0) is 84.9 Å². The third kappa shape index (κ3) is 6.13. The molecule has 0 saturated carbocycles. The van der Waals surface area contributed by atoms with Crippen molar-refractivity contribution in [3.63, 3.8) is 0 Å². The molecule has 0 atom stereocenters. The maximum absolute atomic E-state index is 12.6. The molecule has 5 rings (SSSR count). The molecule has 208 valence electrons. The molecule has 2 amide bonds. The first kappa shape index (κ1) is 27.7. The molecular weight excluding hydrogens is 552 g/mol. The van der Waals surface area contributed by atoms with Gasteiger partial charge in [-0.15, -0.1) is 0 Å². The van der Waals surface area contributed by atoms with Gasteiger partial charge in [0, 0.05) is 26.2 Å². The summed E-state index contributed by atoms with van der Waals surface area (Å²) < 4.78 is 10.9. The third-order valence-electron chi connectivity index (χ3n) is 6.20. The van der Waals surface area contributed by atoms with Crippen molar-refractivity contribution in [3.05, 3.63) is 57.3 Å². The van der Waals surface area contributed by atoms with Gasteiger partial charge in [-0.3, -0.25) is 9.59 Å². The van der Waals surface area contributed by atoms with Crippen LogP contribution >= 0.6 is 23.5 Å². The van der Waals surface area contributed by atoms with Gasteiger partial charge in [-0.1, -0.05) is 12.1 Å². The Balaban J connectivity index is 1.19. The molecule has 2 N–H and O–H groups in total. The SMILES string of the molecule is CCOc1cc(C=C2SC(N3CCN(C4=NC(=O)C(=Cc5ccc(O)c(OCC)c5)S4)CC3)=NC2=O)ccc1O. The molecule has 40 heavy (non-hydrogen) atoms. The highest BCUT2D eigenvalue weighted by Gasteiger charge is 2.32. The second-order valence-electron chi connectivity index (χ2n) is 8.91. The fourth-order valence-corrected chi connectivity index (χ4v) is 6.17. The molecule has 1 fully saturated rings. The molecule has 0 aliphatic carbocycles. The summed E-state index contributed by atoms with van der Waals surface area (Å²) in [5.41, 5.74) is 1.48. The van der Waals surface area contributed by atoms with Crippen LogP contribution in [0, 0.1) is 0 Å². The maximum Gasteiger partial charge on any atom is 0.286 e. The van der Waals surface area contributed by atoms with Crippen molar-refractivity contribution in [2.75, 3.05) is 39.4 Å². The highest BCUT2D eigenvalue weighted by atomic mass is 32.2. The molecule has 12 heteroatoms. The number of carbonyl (C=O) groups excluding carboxylic acids is 2. The summed E-state index contributed by atoms with van der Waals surface area (Å²) in [6, 6.07) is 9.92. The third-order valence-corrected chi connectivity index (χ3v) is 8.29. The van der Waals surface area contributed by atoms with Crippen molar-refractivity contribution in [1.29, 1.82) is 0 Å². The van der Waals surface area contributed by atoms with E-state index >= 15 is 0 Å². The van der Waals surface area contributed by atoms with Crippen LogP contribution in [0.2, 0.25) is 0 Å². The molecule has 0 unspecified atom stereocenters. The lowest BCUT2D eigenvalue weighted by molar-refractivity contribution is -0.114. The van der Waals surface area contributed by atoms with Gasteiger partial charge in [-0.25, -0.2) is 0 Å². The van der Waals surface area contributed by atoms with E-state index in [0.717, 1.165) is 11.1 Å². The number of amidine groups is 2. The summed E-state index contributed by atoms with van der Waals surface area (Å²) >= 11 is 2.65. The molecule has 3 heterocycles. The Morgan fingerprint density at radius 2 is 1.15 bits per heavy atom. The predicted molar refractivity (Wildman–Crippen MR) is 158 cm³/mol. The number of hydrogen-bond acceptors (Lipinski definition) is 10. The number of rotatable bonds is 6. The van der Waals surface area contributed by atoms with Crippen LogP contribution in [-0.2, 0) is 9.59 Å². The van der Waals surface area contributed by atoms with E-state index in [9.17, 15) is 19.8 Å². The Kier molecular flexibility index (Phi) is 8.36. The molecular formula is C28H28N4O6S2. The highest BCUT2D eigenvalue weighted by molar-refractivity contribution is 8.18. The van der Waals surface area contributed by atoms with Crippen molar-refractivity contribution in [3.8, 4) is 23.0 Å².